The van der Waals surface area contributed by atoms with E-state index in [0.717, 1.165) is 23.6 Å². The molecule has 0 radical (unpaired) electrons. The quantitative estimate of drug-likeness (QED) is 0.790. The van der Waals surface area contributed by atoms with Gasteiger partial charge in [0.2, 0.25) is 15.9 Å². The predicted octanol–water partition coefficient (Wildman–Crippen LogP) is 3.02. The molecule has 0 unspecified atom stereocenters. The Bertz CT molecular complexity index is 673. The van der Waals surface area contributed by atoms with E-state index in [2.05, 4.69) is 0 Å². The summed E-state index contributed by atoms with van der Waals surface area (Å²) in [5.74, 6) is -0.173. The summed E-state index contributed by atoms with van der Waals surface area (Å²) in [6, 6.07) is 4.28. The van der Waals surface area contributed by atoms with E-state index in [4.69, 9.17) is 23.2 Å². The number of rotatable bonds is 5. The number of likely N-dealkylation sites (N-methyl/N-ethyl adjacent to an activating group) is 1. The van der Waals surface area contributed by atoms with E-state index < -0.39 is 10.0 Å². The van der Waals surface area contributed by atoms with Crippen LogP contribution in [-0.2, 0) is 14.8 Å². The molecular formula is C15H20Cl2N2O3S. The Morgan fingerprint density at radius 3 is 2.48 bits per heavy atom. The third-order valence-corrected chi connectivity index (χ3v) is 6.52. The van der Waals surface area contributed by atoms with Gasteiger partial charge in [0.25, 0.3) is 0 Å². The van der Waals surface area contributed by atoms with Gasteiger partial charge in [-0.2, -0.15) is 4.31 Å². The molecule has 8 heteroatoms. The lowest BCUT2D eigenvalue weighted by molar-refractivity contribution is -0.132. The fraction of sp³-hybridized carbons (Fsp3) is 0.533. The lowest BCUT2D eigenvalue weighted by atomic mass is 10.1. The molecule has 0 saturated carbocycles. The van der Waals surface area contributed by atoms with Crippen LogP contribution in [0.4, 0.5) is 0 Å². The van der Waals surface area contributed by atoms with E-state index in [1.807, 2.05) is 0 Å². The highest BCUT2D eigenvalue weighted by atomic mass is 35.5. The van der Waals surface area contributed by atoms with E-state index in [9.17, 15) is 13.2 Å². The van der Waals surface area contributed by atoms with Gasteiger partial charge in [-0.05, 0) is 37.5 Å². The Morgan fingerprint density at radius 2 is 1.87 bits per heavy atom. The molecule has 1 aliphatic rings. The van der Waals surface area contributed by atoms with Crippen LogP contribution < -0.4 is 0 Å². The third-order valence-electron chi connectivity index (χ3n) is 3.88. The molecule has 0 aliphatic carbocycles. The number of likely N-dealkylation sites (tertiary alicyclic amines) is 1. The topological polar surface area (TPSA) is 57.7 Å². The van der Waals surface area contributed by atoms with E-state index in [1.54, 1.807) is 11.8 Å². The number of carbonyl (C=O) groups excluding carboxylic acids is 1. The molecular weight excluding hydrogens is 359 g/mol. The summed E-state index contributed by atoms with van der Waals surface area (Å²) in [6.45, 7) is 3.08. The Morgan fingerprint density at radius 1 is 1.22 bits per heavy atom. The summed E-state index contributed by atoms with van der Waals surface area (Å²) in [5, 5.41) is 0.379. The molecule has 0 N–H and O–H groups in total. The molecule has 0 spiro atoms. The van der Waals surface area contributed by atoms with Crippen LogP contribution in [0.2, 0.25) is 10.0 Å². The van der Waals surface area contributed by atoms with Gasteiger partial charge in [-0.3, -0.25) is 4.79 Å². The van der Waals surface area contributed by atoms with Crippen molar-refractivity contribution in [3.05, 3.63) is 28.2 Å². The molecule has 0 bridgehead atoms. The van der Waals surface area contributed by atoms with Gasteiger partial charge in [0.15, 0.2) is 0 Å². The van der Waals surface area contributed by atoms with Gasteiger partial charge < -0.3 is 4.90 Å². The van der Waals surface area contributed by atoms with Crippen LogP contribution in [0.25, 0.3) is 0 Å². The smallest absolute Gasteiger partial charge is 0.245 e. The molecule has 1 fully saturated rings. The van der Waals surface area contributed by atoms with Crippen LogP contribution in [0, 0.1) is 0 Å². The molecule has 5 nitrogen and oxygen atoms in total. The van der Waals surface area contributed by atoms with Crippen molar-refractivity contribution in [1.82, 2.24) is 9.21 Å². The lowest BCUT2D eigenvalue weighted by Crippen LogP contribution is -2.44. The zero-order chi connectivity index (χ0) is 17.0. The summed E-state index contributed by atoms with van der Waals surface area (Å²) in [7, 11) is -3.87. The minimum Gasteiger partial charge on any atom is -0.342 e. The highest BCUT2D eigenvalue weighted by Crippen LogP contribution is 2.27. The number of hydrogen-bond acceptors (Lipinski definition) is 3. The van der Waals surface area contributed by atoms with Crippen molar-refractivity contribution in [2.75, 3.05) is 26.2 Å². The molecule has 0 aromatic heterocycles. The molecule has 1 amide bonds. The first kappa shape index (κ1) is 18.5. The monoisotopic (exact) mass is 378 g/mol. The second-order valence-electron chi connectivity index (χ2n) is 5.45. The summed E-state index contributed by atoms with van der Waals surface area (Å²) in [5.41, 5.74) is 0. The number of hydrogen-bond donors (Lipinski definition) is 0. The van der Waals surface area contributed by atoms with E-state index in [-0.39, 0.29) is 33.9 Å². The van der Waals surface area contributed by atoms with Gasteiger partial charge in [-0.1, -0.05) is 30.1 Å². The highest BCUT2D eigenvalue weighted by molar-refractivity contribution is 7.89. The first-order valence-electron chi connectivity index (χ1n) is 7.59. The summed E-state index contributed by atoms with van der Waals surface area (Å²) >= 11 is 11.9. The van der Waals surface area contributed by atoms with Gasteiger partial charge in [0, 0.05) is 24.7 Å². The van der Waals surface area contributed by atoms with Crippen LogP contribution in [0.15, 0.2) is 23.1 Å². The zero-order valence-electron chi connectivity index (χ0n) is 13.0. The number of amides is 1. The molecule has 1 aromatic carbocycles. The number of sulfonamides is 1. The Kier molecular flexibility index (Phi) is 6.31. The average molecular weight is 379 g/mol. The van der Waals surface area contributed by atoms with Crippen molar-refractivity contribution in [2.45, 2.75) is 31.1 Å². The van der Waals surface area contributed by atoms with Crippen molar-refractivity contribution >= 4 is 39.1 Å². The van der Waals surface area contributed by atoms with Crippen molar-refractivity contribution in [3.63, 3.8) is 0 Å². The molecule has 0 atom stereocenters. The van der Waals surface area contributed by atoms with Crippen molar-refractivity contribution in [3.8, 4) is 0 Å². The van der Waals surface area contributed by atoms with Crippen molar-refractivity contribution < 1.29 is 13.2 Å². The SMILES string of the molecule is CCN(CC(=O)N1CCCCC1)S(=O)(=O)c1cc(Cl)ccc1Cl. The number of halogens is 2. The van der Waals surface area contributed by atoms with Crippen LogP contribution in [-0.4, -0.2) is 49.7 Å². The van der Waals surface area contributed by atoms with E-state index in [0.29, 0.717) is 13.1 Å². The predicted molar refractivity (Wildman–Crippen MR) is 91.3 cm³/mol. The van der Waals surface area contributed by atoms with Crippen LogP contribution >= 0.6 is 23.2 Å². The molecule has 23 heavy (non-hydrogen) atoms. The summed E-state index contributed by atoms with van der Waals surface area (Å²) < 4.78 is 26.7. The minimum atomic E-state index is -3.87. The van der Waals surface area contributed by atoms with Gasteiger partial charge in [-0.25, -0.2) is 8.42 Å². The fourth-order valence-corrected chi connectivity index (χ4v) is 4.71. The van der Waals surface area contributed by atoms with Gasteiger partial charge >= 0.3 is 0 Å². The van der Waals surface area contributed by atoms with E-state index in [1.165, 1.54) is 18.2 Å². The zero-order valence-corrected chi connectivity index (χ0v) is 15.3. The van der Waals surface area contributed by atoms with Crippen LogP contribution in [0.5, 0.6) is 0 Å². The number of nitrogens with zero attached hydrogens (tertiary/aromatic N) is 2. The molecule has 1 heterocycles. The maximum atomic E-state index is 12.8. The number of piperidine rings is 1. The van der Waals surface area contributed by atoms with Gasteiger partial charge in [0.1, 0.15) is 4.90 Å². The number of benzene rings is 1. The molecule has 128 valence electrons. The van der Waals surface area contributed by atoms with Gasteiger partial charge in [-0.15, -0.1) is 0 Å². The molecule has 1 saturated heterocycles. The van der Waals surface area contributed by atoms with E-state index >= 15 is 0 Å². The number of carbonyl (C=O) groups is 1. The molecule has 2 rings (SSSR count). The van der Waals surface area contributed by atoms with Gasteiger partial charge in [0.05, 0.1) is 11.6 Å². The lowest BCUT2D eigenvalue weighted by Gasteiger charge is -2.29. The van der Waals surface area contributed by atoms with Crippen LogP contribution in [0.3, 0.4) is 0 Å². The minimum absolute atomic E-state index is 0.0695. The first-order valence-corrected chi connectivity index (χ1v) is 9.79. The third kappa shape index (κ3) is 4.38. The Labute approximate surface area is 147 Å². The standard InChI is InChI=1S/C15H20Cl2N2O3S/c1-2-19(11-15(20)18-8-4-3-5-9-18)23(21,22)14-10-12(16)6-7-13(14)17/h6-7,10H,2-5,8-9,11H2,1H3. The second-order valence-corrected chi connectivity index (χ2v) is 8.20. The molecule has 1 aliphatic heterocycles. The van der Waals surface area contributed by atoms with Crippen LogP contribution in [0.1, 0.15) is 26.2 Å². The average Bonchev–Trinajstić information content (AvgIpc) is 2.55. The maximum absolute atomic E-state index is 12.8. The molecule has 1 aromatic rings. The maximum Gasteiger partial charge on any atom is 0.245 e. The first-order chi connectivity index (χ1) is 10.9. The summed E-state index contributed by atoms with van der Waals surface area (Å²) in [6.07, 6.45) is 3.03. The summed E-state index contributed by atoms with van der Waals surface area (Å²) in [4.78, 5) is 14.0. The fourth-order valence-electron chi connectivity index (χ4n) is 2.57. The highest BCUT2D eigenvalue weighted by Gasteiger charge is 2.29. The van der Waals surface area contributed by atoms with Crippen molar-refractivity contribution in [1.29, 1.82) is 0 Å². The Balaban J connectivity index is 2.21. The largest absolute Gasteiger partial charge is 0.342 e. The Hall–Kier alpha value is -0.820. The second kappa shape index (κ2) is 7.83. The normalized spacial score (nSPS) is 15.9. The van der Waals surface area contributed by atoms with Crippen molar-refractivity contribution in [2.24, 2.45) is 0 Å².